The fraction of sp³-hybridized carbons (Fsp3) is 0.538. The van der Waals surface area contributed by atoms with E-state index >= 15 is 0 Å². The molecule has 3 aromatic heterocycles. The molecule has 110 valence electrons. The monoisotopic (exact) mass is 305 g/mol. The summed E-state index contributed by atoms with van der Waals surface area (Å²) in [6.45, 7) is 7.39. The molecule has 3 aromatic rings. The SMILES string of the molecule is CCn1c2sc3c(c2c(=O)n2nnnc12)CC(C)(C)OC3. The van der Waals surface area contributed by atoms with Crippen LogP contribution in [0.3, 0.4) is 0 Å². The van der Waals surface area contributed by atoms with Gasteiger partial charge in [-0.2, -0.15) is 0 Å². The average Bonchev–Trinajstić information content (AvgIpc) is 3.03. The van der Waals surface area contributed by atoms with Gasteiger partial charge in [-0.1, -0.05) is 5.10 Å². The zero-order valence-corrected chi connectivity index (χ0v) is 12.9. The molecule has 0 bridgehead atoms. The number of hydrogen-bond acceptors (Lipinski definition) is 6. The van der Waals surface area contributed by atoms with Crippen LogP contribution in [0.5, 0.6) is 0 Å². The standard InChI is InChI=1S/C13H15N5O2S/c1-4-17-11-9(10(19)18-12(17)14-15-16-18)7-5-13(2,3)20-6-8(7)21-11/h4-6H2,1-3H3. The molecule has 0 atom stereocenters. The van der Waals surface area contributed by atoms with E-state index in [0.717, 1.165) is 27.1 Å². The summed E-state index contributed by atoms with van der Waals surface area (Å²) in [5.74, 6) is 0.494. The molecule has 0 amide bonds. The highest BCUT2D eigenvalue weighted by atomic mass is 32.1. The molecule has 21 heavy (non-hydrogen) atoms. The van der Waals surface area contributed by atoms with E-state index in [1.54, 1.807) is 11.3 Å². The van der Waals surface area contributed by atoms with Crippen molar-refractivity contribution in [1.29, 1.82) is 0 Å². The first-order valence-corrected chi connectivity index (χ1v) is 7.72. The molecule has 0 N–H and O–H groups in total. The van der Waals surface area contributed by atoms with E-state index in [9.17, 15) is 4.79 Å². The van der Waals surface area contributed by atoms with Crippen molar-refractivity contribution in [2.75, 3.05) is 0 Å². The van der Waals surface area contributed by atoms with Gasteiger partial charge in [-0.15, -0.1) is 15.9 Å². The minimum atomic E-state index is -0.250. The number of fused-ring (bicyclic) bond motifs is 4. The first-order chi connectivity index (χ1) is 10.0. The van der Waals surface area contributed by atoms with E-state index in [2.05, 4.69) is 15.5 Å². The van der Waals surface area contributed by atoms with E-state index in [-0.39, 0.29) is 11.2 Å². The van der Waals surface area contributed by atoms with Crippen molar-refractivity contribution in [3.05, 3.63) is 20.8 Å². The Labute approximate surface area is 124 Å². The van der Waals surface area contributed by atoms with E-state index in [1.165, 1.54) is 4.52 Å². The minimum absolute atomic E-state index is 0.134. The smallest absolute Gasteiger partial charge is 0.286 e. The molecule has 1 aliphatic heterocycles. The van der Waals surface area contributed by atoms with E-state index in [4.69, 9.17) is 4.74 Å². The summed E-state index contributed by atoms with van der Waals surface area (Å²) in [5.41, 5.74) is 0.709. The molecule has 0 aromatic carbocycles. The summed E-state index contributed by atoms with van der Waals surface area (Å²) in [5, 5.41) is 12.2. The molecule has 0 unspecified atom stereocenters. The molecular formula is C13H15N5O2S. The fourth-order valence-electron chi connectivity index (χ4n) is 2.91. The summed E-state index contributed by atoms with van der Waals surface area (Å²) in [6.07, 6.45) is 0.731. The normalized spacial score (nSPS) is 17.5. The van der Waals surface area contributed by atoms with Gasteiger partial charge in [-0.25, -0.2) is 0 Å². The number of tetrazole rings is 1. The van der Waals surface area contributed by atoms with Crippen LogP contribution in [0.1, 0.15) is 31.2 Å². The number of aromatic nitrogens is 5. The van der Waals surface area contributed by atoms with Crippen LogP contribution in [-0.4, -0.2) is 30.2 Å². The van der Waals surface area contributed by atoms with Crippen LogP contribution >= 0.6 is 11.3 Å². The third kappa shape index (κ3) is 1.69. The Balaban J connectivity index is 2.17. The molecule has 0 aliphatic carbocycles. The number of hydrogen-bond donors (Lipinski definition) is 0. The van der Waals surface area contributed by atoms with Crippen LogP contribution in [0.15, 0.2) is 4.79 Å². The summed E-state index contributed by atoms with van der Waals surface area (Å²) in [4.78, 5) is 14.8. The van der Waals surface area contributed by atoms with Gasteiger partial charge in [0.2, 0.25) is 0 Å². The number of rotatable bonds is 1. The van der Waals surface area contributed by atoms with Crippen molar-refractivity contribution >= 4 is 27.3 Å². The van der Waals surface area contributed by atoms with Crippen LogP contribution < -0.4 is 5.56 Å². The lowest BCUT2D eigenvalue weighted by atomic mass is 9.94. The summed E-state index contributed by atoms with van der Waals surface area (Å²) in [7, 11) is 0. The largest absolute Gasteiger partial charge is 0.370 e. The van der Waals surface area contributed by atoms with Gasteiger partial charge in [0, 0.05) is 17.8 Å². The molecule has 0 spiro atoms. The predicted molar refractivity (Wildman–Crippen MR) is 78.7 cm³/mol. The van der Waals surface area contributed by atoms with Crippen LogP contribution in [0.4, 0.5) is 0 Å². The van der Waals surface area contributed by atoms with Crippen molar-refractivity contribution < 1.29 is 4.74 Å². The van der Waals surface area contributed by atoms with E-state index in [0.29, 0.717) is 18.9 Å². The maximum Gasteiger partial charge on any atom is 0.286 e. The Hall–Kier alpha value is -1.80. The summed E-state index contributed by atoms with van der Waals surface area (Å²) in [6, 6.07) is 0. The van der Waals surface area contributed by atoms with Gasteiger partial charge < -0.3 is 4.74 Å². The highest BCUT2D eigenvalue weighted by Gasteiger charge is 2.31. The molecule has 7 nitrogen and oxygen atoms in total. The topological polar surface area (TPSA) is 74.3 Å². The zero-order chi connectivity index (χ0) is 14.8. The van der Waals surface area contributed by atoms with Crippen molar-refractivity contribution in [2.45, 2.75) is 45.9 Å². The maximum absolute atomic E-state index is 12.7. The highest BCUT2D eigenvalue weighted by Crippen LogP contribution is 2.37. The Morgan fingerprint density at radius 2 is 2.24 bits per heavy atom. The van der Waals surface area contributed by atoms with Crippen LogP contribution in [0.2, 0.25) is 0 Å². The molecular weight excluding hydrogens is 290 g/mol. The Morgan fingerprint density at radius 1 is 1.43 bits per heavy atom. The molecule has 4 rings (SSSR count). The molecule has 0 saturated heterocycles. The zero-order valence-electron chi connectivity index (χ0n) is 12.1. The third-order valence-electron chi connectivity index (χ3n) is 3.93. The summed E-state index contributed by atoms with van der Waals surface area (Å²) < 4.78 is 9.15. The van der Waals surface area contributed by atoms with Gasteiger partial charge >= 0.3 is 0 Å². The molecule has 4 heterocycles. The van der Waals surface area contributed by atoms with E-state index in [1.807, 2.05) is 25.3 Å². The number of thiophene rings is 1. The second-order valence-corrected chi connectivity index (χ2v) is 6.93. The fourth-order valence-corrected chi connectivity index (χ4v) is 4.20. The second kappa shape index (κ2) is 4.11. The maximum atomic E-state index is 12.7. The molecule has 0 saturated carbocycles. The number of nitrogens with zero attached hydrogens (tertiary/aromatic N) is 5. The van der Waals surface area contributed by atoms with Crippen molar-refractivity contribution in [3.63, 3.8) is 0 Å². The molecule has 0 fully saturated rings. The summed E-state index contributed by atoms with van der Waals surface area (Å²) >= 11 is 1.61. The third-order valence-corrected chi connectivity index (χ3v) is 5.16. The van der Waals surface area contributed by atoms with Gasteiger partial charge in [0.1, 0.15) is 4.83 Å². The quantitative estimate of drug-likeness (QED) is 0.679. The van der Waals surface area contributed by atoms with Gasteiger partial charge in [-0.3, -0.25) is 9.36 Å². The molecule has 1 aliphatic rings. The highest BCUT2D eigenvalue weighted by molar-refractivity contribution is 7.18. The number of ether oxygens (including phenoxy) is 1. The molecule has 0 radical (unpaired) electrons. The predicted octanol–water partition coefficient (Wildman–Crippen LogP) is 1.37. The van der Waals surface area contributed by atoms with Gasteiger partial charge in [0.15, 0.2) is 0 Å². The van der Waals surface area contributed by atoms with E-state index < -0.39 is 0 Å². The Kier molecular flexibility index (Phi) is 2.52. The first kappa shape index (κ1) is 12.9. The van der Waals surface area contributed by atoms with Crippen molar-refractivity contribution in [3.8, 4) is 0 Å². The first-order valence-electron chi connectivity index (χ1n) is 6.91. The Bertz CT molecular complexity index is 920. The lowest BCUT2D eigenvalue weighted by molar-refractivity contribution is -0.0379. The van der Waals surface area contributed by atoms with Crippen LogP contribution in [0.25, 0.3) is 16.0 Å². The lowest BCUT2D eigenvalue weighted by Crippen LogP contribution is -2.32. The lowest BCUT2D eigenvalue weighted by Gasteiger charge is -2.29. The average molecular weight is 305 g/mol. The van der Waals surface area contributed by atoms with Crippen molar-refractivity contribution in [1.82, 2.24) is 24.6 Å². The minimum Gasteiger partial charge on any atom is -0.370 e. The van der Waals surface area contributed by atoms with Crippen LogP contribution in [0, 0.1) is 0 Å². The molecule has 8 heteroatoms. The van der Waals surface area contributed by atoms with Gasteiger partial charge in [0.05, 0.1) is 17.6 Å². The second-order valence-electron chi connectivity index (χ2n) is 5.85. The van der Waals surface area contributed by atoms with Crippen molar-refractivity contribution in [2.24, 2.45) is 0 Å². The van der Waals surface area contributed by atoms with Gasteiger partial charge in [-0.05, 0) is 36.8 Å². The Morgan fingerprint density at radius 3 is 3.00 bits per heavy atom. The van der Waals surface area contributed by atoms with Gasteiger partial charge in [0.25, 0.3) is 11.3 Å². The van der Waals surface area contributed by atoms with Crippen LogP contribution in [-0.2, 0) is 24.3 Å². The number of aryl methyl sites for hydroxylation is 1.